The van der Waals surface area contributed by atoms with E-state index in [1.807, 2.05) is 0 Å². The summed E-state index contributed by atoms with van der Waals surface area (Å²) in [7, 11) is 0. The molecule has 9 heteroatoms. The second kappa shape index (κ2) is 3.21. The molecule has 0 bridgehead atoms. The van der Waals surface area contributed by atoms with Crippen LogP contribution < -0.4 is 0 Å². The fourth-order valence-electron chi connectivity index (χ4n) is 0.966. The third kappa shape index (κ3) is 1.72. The Bertz CT molecular complexity index is 521. The topological polar surface area (TPSA) is 43.1 Å². The molecule has 15 heavy (non-hydrogen) atoms. The van der Waals surface area contributed by atoms with Gasteiger partial charge in [0.2, 0.25) is 0 Å². The van der Waals surface area contributed by atoms with Crippen LogP contribution in [-0.2, 0) is 6.18 Å². The summed E-state index contributed by atoms with van der Waals surface area (Å²) in [6.45, 7) is 0. The summed E-state index contributed by atoms with van der Waals surface area (Å²) in [5.74, 6) is -1.24. The zero-order chi connectivity index (χ0) is 11.2. The van der Waals surface area contributed by atoms with Gasteiger partial charge in [0.05, 0.1) is 5.02 Å². The van der Waals surface area contributed by atoms with Crippen molar-refractivity contribution in [3.8, 4) is 0 Å². The Morgan fingerprint density at radius 3 is 2.47 bits per heavy atom. The van der Waals surface area contributed by atoms with Crippen LogP contribution in [0.3, 0.4) is 0 Å². The van der Waals surface area contributed by atoms with E-state index in [2.05, 4.69) is 15.3 Å². The molecule has 0 saturated carbocycles. The predicted molar refractivity (Wildman–Crippen MR) is 45.8 cm³/mol. The molecule has 0 saturated heterocycles. The Balaban J connectivity index is 2.75. The van der Waals surface area contributed by atoms with E-state index in [1.54, 1.807) is 0 Å². The second-order valence-corrected chi connectivity index (χ2v) is 3.34. The maximum Gasteiger partial charge on any atom is 0.453 e. The molecular weight excluding hydrogens is 256 g/mol. The van der Waals surface area contributed by atoms with Crippen LogP contribution in [0.25, 0.3) is 5.65 Å². The van der Waals surface area contributed by atoms with Crippen LogP contribution in [0.15, 0.2) is 6.07 Å². The van der Waals surface area contributed by atoms with Crippen molar-refractivity contribution in [1.29, 1.82) is 0 Å². The van der Waals surface area contributed by atoms with Gasteiger partial charge >= 0.3 is 6.18 Å². The van der Waals surface area contributed by atoms with Crippen LogP contribution in [0, 0.1) is 0 Å². The second-order valence-electron chi connectivity index (χ2n) is 2.57. The van der Waals surface area contributed by atoms with Crippen molar-refractivity contribution in [2.45, 2.75) is 6.18 Å². The molecule has 0 N–H and O–H groups in total. The zero-order valence-electron chi connectivity index (χ0n) is 6.76. The van der Waals surface area contributed by atoms with E-state index in [0.29, 0.717) is 4.52 Å². The molecule has 4 nitrogen and oxygen atoms in total. The minimum Gasteiger partial charge on any atom is -0.187 e. The third-order valence-electron chi connectivity index (χ3n) is 1.56. The van der Waals surface area contributed by atoms with Crippen molar-refractivity contribution in [2.75, 3.05) is 0 Å². The lowest BCUT2D eigenvalue weighted by molar-refractivity contribution is -0.146. The molecule has 0 amide bonds. The summed E-state index contributed by atoms with van der Waals surface area (Å²) in [6, 6.07) is 1.15. The summed E-state index contributed by atoms with van der Waals surface area (Å²) in [4.78, 5) is 0. The molecule has 2 aromatic heterocycles. The fourth-order valence-corrected chi connectivity index (χ4v) is 1.23. The van der Waals surface area contributed by atoms with Gasteiger partial charge < -0.3 is 0 Å². The highest BCUT2D eigenvalue weighted by Crippen LogP contribution is 2.29. The lowest BCUT2D eigenvalue weighted by Crippen LogP contribution is -2.12. The van der Waals surface area contributed by atoms with Gasteiger partial charge in [-0.15, -0.1) is 10.2 Å². The summed E-state index contributed by atoms with van der Waals surface area (Å²) in [6.07, 6.45) is -4.64. The quantitative estimate of drug-likeness (QED) is 0.727. The predicted octanol–water partition coefficient (Wildman–Crippen LogP) is 2.45. The first-order chi connectivity index (χ1) is 6.89. The Morgan fingerprint density at radius 2 is 1.87 bits per heavy atom. The third-order valence-corrected chi connectivity index (χ3v) is 2.22. The molecular formula is C6HCl2F3N4. The van der Waals surface area contributed by atoms with E-state index in [9.17, 15) is 13.2 Å². The fraction of sp³-hybridized carbons (Fsp3) is 0.167. The van der Waals surface area contributed by atoms with Crippen LogP contribution in [0.5, 0.6) is 0 Å². The molecule has 0 aliphatic rings. The molecule has 0 aliphatic carbocycles. The van der Waals surface area contributed by atoms with Crippen LogP contribution >= 0.6 is 23.2 Å². The molecule has 0 spiro atoms. The average Bonchev–Trinajstić information content (AvgIpc) is 2.47. The number of aromatic nitrogens is 4. The van der Waals surface area contributed by atoms with Gasteiger partial charge in [-0.3, -0.25) is 0 Å². The monoisotopic (exact) mass is 256 g/mol. The Morgan fingerprint density at radius 1 is 1.20 bits per heavy atom. The first kappa shape index (κ1) is 10.4. The summed E-state index contributed by atoms with van der Waals surface area (Å²) >= 11 is 11.0. The average molecular weight is 257 g/mol. The van der Waals surface area contributed by atoms with E-state index in [-0.39, 0.29) is 15.8 Å². The number of hydrogen-bond acceptors (Lipinski definition) is 3. The Hall–Kier alpha value is -1.08. The van der Waals surface area contributed by atoms with Gasteiger partial charge in [-0.05, 0) is 0 Å². The van der Waals surface area contributed by atoms with Gasteiger partial charge in [-0.1, -0.05) is 23.2 Å². The van der Waals surface area contributed by atoms with Crippen LogP contribution in [0.4, 0.5) is 13.2 Å². The highest BCUT2D eigenvalue weighted by atomic mass is 35.5. The van der Waals surface area contributed by atoms with Crippen molar-refractivity contribution in [3.63, 3.8) is 0 Å². The van der Waals surface area contributed by atoms with Crippen molar-refractivity contribution < 1.29 is 13.2 Å². The number of fused-ring (bicyclic) bond motifs is 1. The highest BCUT2D eigenvalue weighted by Gasteiger charge is 2.37. The summed E-state index contributed by atoms with van der Waals surface area (Å²) in [5.41, 5.74) is -0.114. The number of halogens is 5. The van der Waals surface area contributed by atoms with Gasteiger partial charge in [0.25, 0.3) is 5.82 Å². The molecule has 0 unspecified atom stereocenters. The molecule has 0 aliphatic heterocycles. The lowest BCUT2D eigenvalue weighted by Gasteiger charge is -2.03. The van der Waals surface area contributed by atoms with Gasteiger partial charge in [-0.2, -0.15) is 22.8 Å². The normalized spacial score (nSPS) is 12.3. The lowest BCUT2D eigenvalue weighted by atomic mass is 10.5. The number of rotatable bonds is 0. The molecule has 0 atom stereocenters. The van der Waals surface area contributed by atoms with E-state index < -0.39 is 12.0 Å². The smallest absolute Gasteiger partial charge is 0.187 e. The van der Waals surface area contributed by atoms with Crippen LogP contribution in [0.2, 0.25) is 10.2 Å². The van der Waals surface area contributed by atoms with Gasteiger partial charge in [0.1, 0.15) is 0 Å². The largest absolute Gasteiger partial charge is 0.453 e. The summed E-state index contributed by atoms with van der Waals surface area (Å²) in [5, 5.41) is 9.42. The molecule has 2 aromatic rings. The Labute approximate surface area is 90.6 Å². The van der Waals surface area contributed by atoms with E-state index >= 15 is 0 Å². The van der Waals surface area contributed by atoms with E-state index in [0.717, 1.165) is 6.07 Å². The van der Waals surface area contributed by atoms with Gasteiger partial charge in [0.15, 0.2) is 10.8 Å². The van der Waals surface area contributed by atoms with E-state index in [4.69, 9.17) is 23.2 Å². The Kier molecular flexibility index (Phi) is 2.23. The number of nitrogens with zero attached hydrogens (tertiary/aromatic N) is 4. The van der Waals surface area contributed by atoms with Crippen molar-refractivity contribution in [2.24, 2.45) is 0 Å². The van der Waals surface area contributed by atoms with Gasteiger partial charge in [-0.25, -0.2) is 0 Å². The minimum atomic E-state index is -4.64. The molecule has 2 heterocycles. The zero-order valence-corrected chi connectivity index (χ0v) is 8.27. The molecule has 0 radical (unpaired) electrons. The van der Waals surface area contributed by atoms with Crippen molar-refractivity contribution in [1.82, 2.24) is 19.8 Å². The van der Waals surface area contributed by atoms with Crippen molar-refractivity contribution in [3.05, 3.63) is 22.1 Å². The number of hydrogen-bond donors (Lipinski definition) is 0. The first-order valence-corrected chi connectivity index (χ1v) is 4.30. The van der Waals surface area contributed by atoms with Gasteiger partial charge in [0, 0.05) is 6.07 Å². The SMILES string of the molecule is FC(F)(F)c1nnc2cc(Cl)c(Cl)nn12. The minimum absolute atomic E-state index is 0.0188. The summed E-state index contributed by atoms with van der Waals surface area (Å²) < 4.78 is 37.5. The highest BCUT2D eigenvalue weighted by molar-refractivity contribution is 6.41. The molecule has 80 valence electrons. The van der Waals surface area contributed by atoms with Crippen LogP contribution in [0.1, 0.15) is 5.82 Å². The maximum absolute atomic E-state index is 12.3. The van der Waals surface area contributed by atoms with Crippen molar-refractivity contribution >= 4 is 28.8 Å². The standard InChI is InChI=1S/C6HCl2F3N4/c7-2-1-3-12-13-5(6(9,10)11)15(3)14-4(2)8/h1H. The molecule has 0 fully saturated rings. The van der Waals surface area contributed by atoms with Crippen LogP contribution in [-0.4, -0.2) is 19.8 Å². The van der Waals surface area contributed by atoms with E-state index in [1.165, 1.54) is 0 Å². The maximum atomic E-state index is 12.3. The number of alkyl halides is 3. The molecule has 2 rings (SSSR count). The first-order valence-electron chi connectivity index (χ1n) is 3.54. The molecule has 0 aromatic carbocycles.